The molecule has 29 heavy (non-hydrogen) atoms. The highest BCUT2D eigenvalue weighted by molar-refractivity contribution is 6.01. The number of methoxy groups -OCH3 is 1. The fourth-order valence-corrected chi connectivity index (χ4v) is 4.40. The number of nitrogens with zero attached hydrogens (tertiary/aromatic N) is 4. The van der Waals surface area contributed by atoms with Gasteiger partial charge in [-0.3, -0.25) is 9.69 Å². The molecule has 3 aromatic rings. The molecule has 2 aliphatic heterocycles. The number of likely N-dealkylation sites (tertiary alicyclic amines) is 1. The lowest BCUT2D eigenvalue weighted by molar-refractivity contribution is 0.100. The average molecular weight is 393 g/mol. The van der Waals surface area contributed by atoms with Crippen LogP contribution in [-0.4, -0.2) is 45.8 Å². The molecule has 150 valence electrons. The van der Waals surface area contributed by atoms with Crippen LogP contribution < -0.4 is 10.1 Å². The molecule has 0 bridgehead atoms. The van der Waals surface area contributed by atoms with Gasteiger partial charge in [0.05, 0.1) is 19.9 Å². The Kier molecular flexibility index (Phi) is 4.55. The molecule has 2 aromatic heterocycles. The van der Waals surface area contributed by atoms with Crippen molar-refractivity contribution in [2.24, 2.45) is 11.8 Å². The third-order valence-corrected chi connectivity index (χ3v) is 5.85. The van der Waals surface area contributed by atoms with Crippen LogP contribution in [0.15, 0.2) is 47.1 Å². The minimum atomic E-state index is -0.238. The molecule has 4 heterocycles. The zero-order valence-electron chi connectivity index (χ0n) is 16.2. The third-order valence-electron chi connectivity index (χ3n) is 5.85. The number of furan rings is 1. The van der Waals surface area contributed by atoms with Crippen molar-refractivity contribution in [3.63, 3.8) is 0 Å². The number of amides is 1. The Bertz CT molecular complexity index is 996. The molecule has 1 saturated heterocycles. The van der Waals surface area contributed by atoms with E-state index in [4.69, 9.17) is 9.15 Å². The number of fused-ring (bicyclic) bond motifs is 2. The van der Waals surface area contributed by atoms with Crippen molar-refractivity contribution in [1.82, 2.24) is 19.7 Å². The van der Waals surface area contributed by atoms with Crippen LogP contribution in [0.4, 0.5) is 5.69 Å². The Morgan fingerprint density at radius 3 is 2.76 bits per heavy atom. The second-order valence-electron chi connectivity index (χ2n) is 7.73. The first-order chi connectivity index (χ1) is 14.2. The van der Waals surface area contributed by atoms with Crippen LogP contribution in [-0.2, 0) is 19.5 Å². The molecule has 8 nitrogen and oxygen atoms in total. The number of hydrogen-bond acceptors (Lipinski definition) is 6. The van der Waals surface area contributed by atoms with E-state index in [1.54, 1.807) is 13.4 Å². The fraction of sp³-hybridized carbons (Fsp3) is 0.381. The maximum Gasteiger partial charge on any atom is 0.293 e. The molecular weight excluding hydrogens is 370 g/mol. The number of aromatic nitrogens is 3. The van der Waals surface area contributed by atoms with Gasteiger partial charge in [0.1, 0.15) is 17.3 Å². The smallest absolute Gasteiger partial charge is 0.293 e. The number of anilines is 1. The maximum atomic E-state index is 12.8. The standard InChI is InChI=1S/C21H23N5O3/c1-28-17-6-4-16(5-7-17)22-21(27)20-24-23-19-9-14-10-25(11-15(14)12-26(19)20)13-18-3-2-8-29-18/h2-8,14-15H,9-13H2,1H3,(H,22,27)/t14-,15+/m0/s1. The van der Waals surface area contributed by atoms with Crippen molar-refractivity contribution < 1.29 is 13.9 Å². The number of nitrogens with one attached hydrogen (secondary N) is 1. The number of rotatable bonds is 5. The lowest BCUT2D eigenvalue weighted by Gasteiger charge is -2.25. The highest BCUT2D eigenvalue weighted by Gasteiger charge is 2.39. The molecule has 0 saturated carbocycles. The number of ether oxygens (including phenoxy) is 1. The minimum Gasteiger partial charge on any atom is -0.497 e. The van der Waals surface area contributed by atoms with E-state index in [0.29, 0.717) is 23.3 Å². The van der Waals surface area contributed by atoms with Crippen molar-refractivity contribution >= 4 is 11.6 Å². The molecule has 0 aliphatic carbocycles. The van der Waals surface area contributed by atoms with Gasteiger partial charge in [-0.25, -0.2) is 0 Å². The Morgan fingerprint density at radius 2 is 2.00 bits per heavy atom. The van der Waals surface area contributed by atoms with Gasteiger partial charge in [0.25, 0.3) is 5.91 Å². The molecule has 0 unspecified atom stereocenters. The third kappa shape index (κ3) is 3.51. The van der Waals surface area contributed by atoms with E-state index in [-0.39, 0.29) is 5.91 Å². The second kappa shape index (κ2) is 7.36. The molecule has 1 amide bonds. The molecule has 1 N–H and O–H groups in total. The Balaban J connectivity index is 1.27. The Morgan fingerprint density at radius 1 is 1.17 bits per heavy atom. The maximum absolute atomic E-state index is 12.8. The van der Waals surface area contributed by atoms with Gasteiger partial charge >= 0.3 is 0 Å². The van der Waals surface area contributed by atoms with Crippen LogP contribution in [0.2, 0.25) is 0 Å². The van der Waals surface area contributed by atoms with Crippen molar-refractivity contribution in [2.75, 3.05) is 25.5 Å². The monoisotopic (exact) mass is 393 g/mol. The summed E-state index contributed by atoms with van der Waals surface area (Å²) in [5.41, 5.74) is 0.701. The lowest BCUT2D eigenvalue weighted by Crippen LogP contribution is -2.31. The Hall–Kier alpha value is -3.13. The molecule has 1 fully saturated rings. The quantitative estimate of drug-likeness (QED) is 0.717. The summed E-state index contributed by atoms with van der Waals surface area (Å²) in [6, 6.07) is 11.2. The summed E-state index contributed by atoms with van der Waals surface area (Å²) in [5.74, 6) is 3.79. The normalized spacial score (nSPS) is 20.9. The summed E-state index contributed by atoms with van der Waals surface area (Å²) in [6.45, 7) is 3.60. The molecule has 0 spiro atoms. The summed E-state index contributed by atoms with van der Waals surface area (Å²) < 4.78 is 12.6. The lowest BCUT2D eigenvalue weighted by atomic mass is 9.89. The van der Waals surface area contributed by atoms with E-state index in [1.807, 2.05) is 41.0 Å². The molecule has 0 radical (unpaired) electrons. The highest BCUT2D eigenvalue weighted by atomic mass is 16.5. The summed E-state index contributed by atoms with van der Waals surface area (Å²) in [6.07, 6.45) is 2.57. The highest BCUT2D eigenvalue weighted by Crippen LogP contribution is 2.33. The number of carbonyl (C=O) groups is 1. The van der Waals surface area contributed by atoms with Crippen molar-refractivity contribution in [1.29, 1.82) is 0 Å². The van der Waals surface area contributed by atoms with Crippen molar-refractivity contribution in [3.05, 3.63) is 60.1 Å². The van der Waals surface area contributed by atoms with Crippen LogP contribution in [0, 0.1) is 11.8 Å². The summed E-state index contributed by atoms with van der Waals surface area (Å²) >= 11 is 0. The summed E-state index contributed by atoms with van der Waals surface area (Å²) in [4.78, 5) is 15.2. The van der Waals surface area contributed by atoms with Gasteiger partial charge in [0, 0.05) is 31.7 Å². The first kappa shape index (κ1) is 17.9. The van der Waals surface area contributed by atoms with Gasteiger partial charge in [-0.1, -0.05) is 0 Å². The summed E-state index contributed by atoms with van der Waals surface area (Å²) in [5, 5.41) is 11.4. The van der Waals surface area contributed by atoms with Gasteiger partial charge in [0.2, 0.25) is 5.82 Å². The van der Waals surface area contributed by atoms with Crippen molar-refractivity contribution in [3.8, 4) is 5.75 Å². The van der Waals surface area contributed by atoms with Gasteiger partial charge < -0.3 is 19.0 Å². The zero-order valence-corrected chi connectivity index (χ0v) is 16.2. The SMILES string of the molecule is COc1ccc(NC(=O)c2nnc3n2C[C@H]2CN(Cc4ccco4)C[C@@H]2C3)cc1. The van der Waals surface area contributed by atoms with Crippen LogP contribution in [0.3, 0.4) is 0 Å². The number of hydrogen-bond donors (Lipinski definition) is 1. The predicted molar refractivity (Wildman–Crippen MR) is 106 cm³/mol. The number of benzene rings is 1. The molecular formula is C21H23N5O3. The first-order valence-corrected chi connectivity index (χ1v) is 9.82. The number of carbonyl (C=O) groups excluding carboxylic acids is 1. The minimum absolute atomic E-state index is 0.238. The molecule has 2 aliphatic rings. The fourth-order valence-electron chi connectivity index (χ4n) is 4.40. The largest absolute Gasteiger partial charge is 0.497 e. The van der Waals surface area contributed by atoms with E-state index in [2.05, 4.69) is 20.4 Å². The predicted octanol–water partition coefficient (Wildman–Crippen LogP) is 2.44. The van der Waals surface area contributed by atoms with Crippen LogP contribution in [0.1, 0.15) is 22.2 Å². The first-order valence-electron chi connectivity index (χ1n) is 9.82. The molecule has 1 aromatic carbocycles. The van der Waals surface area contributed by atoms with Gasteiger partial charge in [-0.2, -0.15) is 0 Å². The van der Waals surface area contributed by atoms with Gasteiger partial charge in [0.15, 0.2) is 0 Å². The zero-order chi connectivity index (χ0) is 19.8. The molecule has 5 rings (SSSR count). The Labute approximate surface area is 168 Å². The second-order valence-corrected chi connectivity index (χ2v) is 7.73. The summed E-state index contributed by atoms with van der Waals surface area (Å²) in [7, 11) is 1.61. The van der Waals surface area contributed by atoms with Gasteiger partial charge in [-0.15, -0.1) is 10.2 Å². The van der Waals surface area contributed by atoms with Crippen LogP contribution in [0.5, 0.6) is 5.75 Å². The van der Waals surface area contributed by atoms with E-state index < -0.39 is 0 Å². The van der Waals surface area contributed by atoms with Crippen LogP contribution in [0.25, 0.3) is 0 Å². The molecule has 2 atom stereocenters. The van der Waals surface area contributed by atoms with E-state index >= 15 is 0 Å². The molecule has 8 heteroatoms. The average Bonchev–Trinajstić information content (AvgIpc) is 3.46. The van der Waals surface area contributed by atoms with Crippen molar-refractivity contribution in [2.45, 2.75) is 19.5 Å². The topological polar surface area (TPSA) is 85.4 Å². The van der Waals surface area contributed by atoms with Gasteiger partial charge in [-0.05, 0) is 48.2 Å². The van der Waals surface area contributed by atoms with E-state index in [1.165, 1.54) is 0 Å². The van der Waals surface area contributed by atoms with Crippen LogP contribution >= 0.6 is 0 Å². The van der Waals surface area contributed by atoms with E-state index in [9.17, 15) is 4.79 Å². The van der Waals surface area contributed by atoms with E-state index in [0.717, 1.165) is 49.9 Å².